The maximum absolute atomic E-state index is 13.1. The van der Waals surface area contributed by atoms with Gasteiger partial charge in [-0.3, -0.25) is 14.5 Å². The zero-order valence-corrected chi connectivity index (χ0v) is 16.9. The molecule has 4 rings (SSSR count). The van der Waals surface area contributed by atoms with Crippen LogP contribution < -0.4 is 14.8 Å². The average molecular weight is 401 g/mol. The smallest absolute Gasteiger partial charge is 0.325 e. The number of likely N-dealkylation sites (tertiary alicyclic amines) is 1. The molecule has 0 aliphatic carbocycles. The fourth-order valence-corrected chi connectivity index (χ4v) is 4.45. The van der Waals surface area contributed by atoms with Crippen LogP contribution in [0.1, 0.15) is 45.1 Å². The van der Waals surface area contributed by atoms with Crippen LogP contribution in [0.25, 0.3) is 0 Å². The van der Waals surface area contributed by atoms with Crippen LogP contribution in [0.5, 0.6) is 11.5 Å². The van der Waals surface area contributed by atoms with E-state index in [2.05, 4.69) is 12.2 Å². The Kier molecular flexibility index (Phi) is 5.10. The number of amides is 4. The lowest BCUT2D eigenvalue weighted by Crippen LogP contribution is -2.50. The number of urea groups is 1. The van der Waals surface area contributed by atoms with Crippen molar-refractivity contribution in [2.45, 2.75) is 57.5 Å². The molecule has 4 amide bonds. The molecule has 2 atom stereocenters. The van der Waals surface area contributed by atoms with Crippen LogP contribution in [0.15, 0.2) is 18.2 Å². The minimum atomic E-state index is -1.10. The molecule has 3 aliphatic heterocycles. The summed E-state index contributed by atoms with van der Waals surface area (Å²) in [7, 11) is 0. The zero-order valence-electron chi connectivity index (χ0n) is 16.9. The molecular weight excluding hydrogens is 374 g/mol. The Hall–Kier alpha value is -2.77. The van der Waals surface area contributed by atoms with Gasteiger partial charge in [-0.05, 0) is 50.3 Å². The van der Waals surface area contributed by atoms with E-state index < -0.39 is 11.6 Å². The van der Waals surface area contributed by atoms with Crippen LogP contribution in [0.2, 0.25) is 0 Å². The van der Waals surface area contributed by atoms with Gasteiger partial charge in [0, 0.05) is 19.0 Å². The molecule has 0 aromatic heterocycles. The average Bonchev–Trinajstić information content (AvgIpc) is 3.25. The maximum atomic E-state index is 13.1. The summed E-state index contributed by atoms with van der Waals surface area (Å²) in [5.41, 5.74) is -0.252. The van der Waals surface area contributed by atoms with Gasteiger partial charge in [-0.25, -0.2) is 4.79 Å². The zero-order chi connectivity index (χ0) is 20.6. The van der Waals surface area contributed by atoms with Crippen molar-refractivity contribution in [3.8, 4) is 11.5 Å². The number of nitrogens with one attached hydrogen (secondary N) is 1. The van der Waals surface area contributed by atoms with E-state index in [4.69, 9.17) is 9.47 Å². The molecule has 156 valence electrons. The van der Waals surface area contributed by atoms with E-state index >= 15 is 0 Å². The van der Waals surface area contributed by atoms with E-state index in [0.29, 0.717) is 24.5 Å². The van der Waals surface area contributed by atoms with Gasteiger partial charge in [-0.2, -0.15) is 0 Å². The fraction of sp³-hybridized carbons (Fsp3) is 0.571. The molecule has 1 N–H and O–H groups in total. The predicted molar refractivity (Wildman–Crippen MR) is 105 cm³/mol. The van der Waals surface area contributed by atoms with Crippen molar-refractivity contribution in [1.82, 2.24) is 15.1 Å². The third kappa shape index (κ3) is 3.63. The van der Waals surface area contributed by atoms with Crippen LogP contribution in [-0.2, 0) is 16.0 Å². The van der Waals surface area contributed by atoms with Gasteiger partial charge >= 0.3 is 6.03 Å². The van der Waals surface area contributed by atoms with Gasteiger partial charge < -0.3 is 19.7 Å². The monoisotopic (exact) mass is 401 g/mol. The SMILES string of the molecule is CC[C@@H]1CCCCN1C(=O)CN1C(=O)N[C@](C)(Cc2ccc3c(c2)OCO3)C1=O. The fourth-order valence-electron chi connectivity index (χ4n) is 4.45. The van der Waals surface area contributed by atoms with Crippen molar-refractivity contribution in [1.29, 1.82) is 0 Å². The van der Waals surface area contributed by atoms with Crippen LogP contribution >= 0.6 is 0 Å². The second-order valence-corrected chi connectivity index (χ2v) is 8.16. The summed E-state index contributed by atoms with van der Waals surface area (Å²) >= 11 is 0. The van der Waals surface area contributed by atoms with E-state index in [1.54, 1.807) is 13.0 Å². The molecule has 8 heteroatoms. The molecule has 3 aliphatic rings. The standard InChI is InChI=1S/C21H27N3O5/c1-3-15-6-4-5-9-23(15)18(25)12-24-19(26)21(2,22-20(24)27)11-14-7-8-16-17(10-14)29-13-28-16/h7-8,10,15H,3-6,9,11-13H2,1-2H3,(H,22,27)/t15-,21-/m1/s1. The third-order valence-corrected chi connectivity index (χ3v) is 6.05. The van der Waals surface area contributed by atoms with Gasteiger partial charge in [0.2, 0.25) is 12.7 Å². The molecule has 2 fully saturated rings. The number of nitrogens with zero attached hydrogens (tertiary/aromatic N) is 2. The minimum absolute atomic E-state index is 0.160. The summed E-state index contributed by atoms with van der Waals surface area (Å²) in [6.07, 6.45) is 4.24. The highest BCUT2D eigenvalue weighted by Crippen LogP contribution is 2.34. The van der Waals surface area contributed by atoms with E-state index in [9.17, 15) is 14.4 Å². The molecule has 29 heavy (non-hydrogen) atoms. The predicted octanol–water partition coefficient (Wildman–Crippen LogP) is 2.06. The Bertz CT molecular complexity index is 842. The van der Waals surface area contributed by atoms with Crippen molar-refractivity contribution in [2.75, 3.05) is 19.9 Å². The highest BCUT2D eigenvalue weighted by atomic mass is 16.7. The van der Waals surface area contributed by atoms with E-state index in [-0.39, 0.29) is 31.2 Å². The number of rotatable bonds is 5. The van der Waals surface area contributed by atoms with E-state index in [1.807, 2.05) is 17.0 Å². The number of imide groups is 1. The Balaban J connectivity index is 1.45. The molecule has 1 aromatic rings. The van der Waals surface area contributed by atoms with Crippen molar-refractivity contribution >= 4 is 17.8 Å². The van der Waals surface area contributed by atoms with Crippen LogP contribution in [0, 0.1) is 0 Å². The normalized spacial score (nSPS) is 26.1. The van der Waals surface area contributed by atoms with Gasteiger partial charge in [0.15, 0.2) is 11.5 Å². The summed E-state index contributed by atoms with van der Waals surface area (Å²) < 4.78 is 10.7. The maximum Gasteiger partial charge on any atom is 0.325 e. The molecular formula is C21H27N3O5. The van der Waals surface area contributed by atoms with Crippen molar-refractivity contribution in [3.05, 3.63) is 23.8 Å². The number of benzene rings is 1. The first-order valence-electron chi connectivity index (χ1n) is 10.2. The Morgan fingerprint density at radius 1 is 1.24 bits per heavy atom. The second kappa shape index (κ2) is 7.57. The number of ether oxygens (including phenoxy) is 2. The lowest BCUT2D eigenvalue weighted by molar-refractivity contribution is -0.141. The van der Waals surface area contributed by atoms with Crippen LogP contribution in [-0.4, -0.2) is 59.1 Å². The Morgan fingerprint density at radius 3 is 2.83 bits per heavy atom. The van der Waals surface area contributed by atoms with Crippen LogP contribution in [0.3, 0.4) is 0 Å². The summed E-state index contributed by atoms with van der Waals surface area (Å²) in [4.78, 5) is 41.3. The molecule has 1 aromatic carbocycles. The minimum Gasteiger partial charge on any atom is -0.454 e. The lowest BCUT2D eigenvalue weighted by Gasteiger charge is -2.36. The highest BCUT2D eigenvalue weighted by Gasteiger charge is 2.48. The van der Waals surface area contributed by atoms with Crippen molar-refractivity contribution < 1.29 is 23.9 Å². The molecule has 0 unspecified atom stereocenters. The third-order valence-electron chi connectivity index (χ3n) is 6.05. The van der Waals surface area contributed by atoms with Gasteiger partial charge in [0.25, 0.3) is 5.91 Å². The summed E-state index contributed by atoms with van der Waals surface area (Å²) in [5, 5.41) is 2.77. The largest absolute Gasteiger partial charge is 0.454 e. The molecule has 0 bridgehead atoms. The Morgan fingerprint density at radius 2 is 2.03 bits per heavy atom. The molecule has 2 saturated heterocycles. The van der Waals surface area contributed by atoms with Gasteiger partial charge in [-0.15, -0.1) is 0 Å². The lowest BCUT2D eigenvalue weighted by atomic mass is 9.92. The number of hydrogen-bond acceptors (Lipinski definition) is 5. The van der Waals surface area contributed by atoms with Crippen molar-refractivity contribution in [2.24, 2.45) is 0 Å². The second-order valence-electron chi connectivity index (χ2n) is 8.16. The molecule has 0 saturated carbocycles. The van der Waals surface area contributed by atoms with Crippen LogP contribution in [0.4, 0.5) is 4.79 Å². The number of carbonyl (C=O) groups is 3. The first-order chi connectivity index (χ1) is 13.9. The molecule has 8 nitrogen and oxygen atoms in total. The molecule has 3 heterocycles. The highest BCUT2D eigenvalue weighted by molar-refractivity contribution is 6.09. The summed E-state index contributed by atoms with van der Waals surface area (Å²) in [6.45, 7) is 4.41. The summed E-state index contributed by atoms with van der Waals surface area (Å²) in [5.74, 6) is 0.761. The first kappa shape index (κ1) is 19.5. The van der Waals surface area contributed by atoms with Gasteiger partial charge in [0.05, 0.1) is 0 Å². The first-order valence-corrected chi connectivity index (χ1v) is 10.2. The number of fused-ring (bicyclic) bond motifs is 1. The number of hydrogen-bond donors (Lipinski definition) is 1. The van der Waals surface area contributed by atoms with Gasteiger partial charge in [-0.1, -0.05) is 13.0 Å². The number of carbonyl (C=O) groups excluding carboxylic acids is 3. The van der Waals surface area contributed by atoms with Gasteiger partial charge in [0.1, 0.15) is 12.1 Å². The molecule has 0 radical (unpaired) electrons. The topological polar surface area (TPSA) is 88.2 Å². The quantitative estimate of drug-likeness (QED) is 0.763. The van der Waals surface area contributed by atoms with E-state index in [0.717, 1.165) is 36.1 Å². The Labute approximate surface area is 170 Å². The summed E-state index contributed by atoms with van der Waals surface area (Å²) in [6, 6.07) is 5.14. The van der Waals surface area contributed by atoms with E-state index in [1.165, 1.54) is 0 Å². The number of piperidine rings is 1. The van der Waals surface area contributed by atoms with Crippen molar-refractivity contribution in [3.63, 3.8) is 0 Å². The molecule has 0 spiro atoms.